The van der Waals surface area contributed by atoms with Crippen molar-refractivity contribution in [2.45, 2.75) is 126 Å². The lowest BCUT2D eigenvalue weighted by Gasteiger charge is -2.65. The van der Waals surface area contributed by atoms with Gasteiger partial charge < -0.3 is 49.3 Å². The molecule has 0 bridgehead atoms. The summed E-state index contributed by atoms with van der Waals surface area (Å²) < 4.78 is 22.6. The minimum Gasteiger partial charge on any atom is -0.462 e. The van der Waals surface area contributed by atoms with Gasteiger partial charge >= 0.3 is 11.9 Å². The lowest BCUT2D eigenvalue weighted by atomic mass is 9.41. The van der Waals surface area contributed by atoms with Gasteiger partial charge in [-0.15, -0.1) is 0 Å². The van der Waals surface area contributed by atoms with Gasteiger partial charge in [0.05, 0.1) is 28.8 Å². The smallest absolute Gasteiger partial charge is 0.331 e. The number of aliphatic hydroxyl groups is 5. The summed E-state index contributed by atoms with van der Waals surface area (Å²) in [7, 11) is 0. The van der Waals surface area contributed by atoms with Crippen LogP contribution in [-0.2, 0) is 33.3 Å². The standard InChI is InChI=1S/C31H44O12/c1-15-24(35)25(36)26(37)27(41-15)43-18-4-8-29(14-32)19-5-7-28(3)23(17-10-22(34)40-13-17)21(42-16(2)33)12-31(28,39)20(19)6-9-30(29,38)11-18/h10,14-15,18-21,23-27,35-39H,4-9,11-13H2,1-3H3/t15-,18-,19+,20+,21-,23-,24-,25+,26+,27-,28+,29-,30-,31-/m0/s1. The molecule has 0 spiro atoms. The van der Waals surface area contributed by atoms with Crippen LogP contribution in [0.5, 0.6) is 0 Å². The molecule has 6 aliphatic rings. The van der Waals surface area contributed by atoms with Gasteiger partial charge in [-0.2, -0.15) is 0 Å². The average Bonchev–Trinajstić information content (AvgIpc) is 3.46. The predicted molar refractivity (Wildman–Crippen MR) is 146 cm³/mol. The number of carbonyl (C=O) groups is 3. The van der Waals surface area contributed by atoms with Crippen molar-refractivity contribution < 1.29 is 58.9 Å². The first-order valence-electron chi connectivity index (χ1n) is 15.5. The predicted octanol–water partition coefficient (Wildman–Crippen LogP) is 0.292. The molecule has 12 nitrogen and oxygen atoms in total. The molecule has 4 aliphatic carbocycles. The van der Waals surface area contributed by atoms with Crippen molar-refractivity contribution in [2.24, 2.45) is 28.6 Å². The fourth-order valence-electron chi connectivity index (χ4n) is 10.1. The second kappa shape index (κ2) is 10.6. The number of fused-ring (bicyclic) bond motifs is 5. The Labute approximate surface area is 250 Å². The highest BCUT2D eigenvalue weighted by Crippen LogP contribution is 2.70. The van der Waals surface area contributed by atoms with Crippen molar-refractivity contribution in [3.8, 4) is 0 Å². The minimum absolute atomic E-state index is 0.0780. The number of aldehydes is 1. The van der Waals surface area contributed by atoms with E-state index in [4.69, 9.17) is 18.9 Å². The molecular formula is C31H44O12. The second-order valence-corrected chi connectivity index (χ2v) is 14.2. The van der Waals surface area contributed by atoms with Crippen LogP contribution in [0, 0.1) is 28.6 Å². The highest BCUT2D eigenvalue weighted by atomic mass is 16.7. The maximum absolute atomic E-state index is 13.1. The van der Waals surface area contributed by atoms with Gasteiger partial charge in [0, 0.05) is 37.2 Å². The van der Waals surface area contributed by atoms with Crippen molar-refractivity contribution in [3.63, 3.8) is 0 Å². The third kappa shape index (κ3) is 4.46. The molecule has 2 aliphatic heterocycles. The van der Waals surface area contributed by atoms with Crippen LogP contribution in [0.4, 0.5) is 0 Å². The third-order valence-corrected chi connectivity index (χ3v) is 12.2. The Morgan fingerprint density at radius 1 is 1.02 bits per heavy atom. The molecule has 0 radical (unpaired) electrons. The molecule has 5 N–H and O–H groups in total. The van der Waals surface area contributed by atoms with Gasteiger partial charge in [0.2, 0.25) is 0 Å². The summed E-state index contributed by atoms with van der Waals surface area (Å²) in [5.41, 5.74) is -3.98. The van der Waals surface area contributed by atoms with Crippen LogP contribution in [0.3, 0.4) is 0 Å². The van der Waals surface area contributed by atoms with Gasteiger partial charge in [-0.25, -0.2) is 4.79 Å². The van der Waals surface area contributed by atoms with Crippen LogP contribution in [0.15, 0.2) is 11.6 Å². The SMILES string of the molecule is CC(=O)O[C@H]1C[C@]2(O)[C@@H]3CC[C@]4(O)C[C@@H](O[C@@H]5O[C@@H](C)[C@H](O)[C@@H](O)[C@H]5O)CC[C@]4(C=O)[C@@H]3CC[C@]2(C)[C@H]1C1=CC(=O)OC1. The number of carbonyl (C=O) groups excluding carboxylic acids is 3. The van der Waals surface area contributed by atoms with E-state index in [-0.39, 0.29) is 37.7 Å². The number of aliphatic hydroxyl groups excluding tert-OH is 3. The molecule has 0 aromatic rings. The molecule has 0 aromatic heterocycles. The topological polar surface area (TPSA) is 189 Å². The Hall–Kier alpha value is -1.93. The summed E-state index contributed by atoms with van der Waals surface area (Å²) in [4.78, 5) is 37.2. The lowest BCUT2D eigenvalue weighted by molar-refractivity contribution is -0.317. The summed E-state index contributed by atoms with van der Waals surface area (Å²) in [5.74, 6) is -2.07. The van der Waals surface area contributed by atoms with Gasteiger partial charge in [0.1, 0.15) is 37.3 Å². The van der Waals surface area contributed by atoms with E-state index in [1.807, 2.05) is 6.92 Å². The molecule has 14 atom stereocenters. The molecule has 6 rings (SSSR count). The van der Waals surface area contributed by atoms with Crippen LogP contribution in [0.1, 0.15) is 72.1 Å². The summed E-state index contributed by atoms with van der Waals surface area (Å²) in [6.07, 6.45) is -2.47. The maximum atomic E-state index is 13.1. The highest BCUT2D eigenvalue weighted by Gasteiger charge is 2.74. The number of esters is 2. The van der Waals surface area contributed by atoms with Gasteiger partial charge in [0.15, 0.2) is 6.29 Å². The van der Waals surface area contributed by atoms with E-state index < -0.39 is 82.8 Å². The lowest BCUT2D eigenvalue weighted by Crippen LogP contribution is -2.69. The van der Waals surface area contributed by atoms with Crippen molar-refractivity contribution in [1.29, 1.82) is 0 Å². The summed E-state index contributed by atoms with van der Waals surface area (Å²) in [6.45, 7) is 4.94. The molecule has 43 heavy (non-hydrogen) atoms. The van der Waals surface area contributed by atoms with Gasteiger partial charge in [-0.05, 0) is 62.9 Å². The van der Waals surface area contributed by atoms with Crippen LogP contribution < -0.4 is 0 Å². The monoisotopic (exact) mass is 608 g/mol. The molecule has 0 aromatic carbocycles. The average molecular weight is 609 g/mol. The van der Waals surface area contributed by atoms with Gasteiger partial charge in [-0.1, -0.05) is 6.92 Å². The fourth-order valence-corrected chi connectivity index (χ4v) is 10.1. The van der Waals surface area contributed by atoms with E-state index in [1.54, 1.807) is 6.92 Å². The zero-order chi connectivity index (χ0) is 31.1. The van der Waals surface area contributed by atoms with E-state index in [1.165, 1.54) is 13.0 Å². The van der Waals surface area contributed by atoms with E-state index in [0.717, 1.165) is 6.29 Å². The van der Waals surface area contributed by atoms with E-state index in [2.05, 4.69) is 0 Å². The molecule has 2 heterocycles. The van der Waals surface area contributed by atoms with Crippen molar-refractivity contribution in [2.75, 3.05) is 6.61 Å². The largest absolute Gasteiger partial charge is 0.462 e. The van der Waals surface area contributed by atoms with Gasteiger partial charge in [0.25, 0.3) is 0 Å². The molecule has 0 amide bonds. The first kappa shape index (κ1) is 31.1. The number of rotatable bonds is 5. The quantitative estimate of drug-likeness (QED) is 0.163. The number of ether oxygens (including phenoxy) is 4. The zero-order valence-corrected chi connectivity index (χ0v) is 24.9. The number of hydrogen-bond donors (Lipinski definition) is 5. The van der Waals surface area contributed by atoms with Crippen LogP contribution >= 0.6 is 0 Å². The zero-order valence-electron chi connectivity index (χ0n) is 24.9. The maximum Gasteiger partial charge on any atom is 0.331 e. The Morgan fingerprint density at radius 2 is 1.74 bits per heavy atom. The number of hydrogen-bond acceptors (Lipinski definition) is 12. The Kier molecular flexibility index (Phi) is 7.64. The summed E-state index contributed by atoms with van der Waals surface area (Å²) in [5, 5.41) is 55.5. The molecule has 240 valence electrons. The normalized spacial score (nSPS) is 52.7. The van der Waals surface area contributed by atoms with Crippen molar-refractivity contribution >= 4 is 18.2 Å². The molecule has 12 heteroatoms. The Balaban J connectivity index is 1.26. The third-order valence-electron chi connectivity index (χ3n) is 12.2. The molecule has 0 unspecified atom stereocenters. The highest BCUT2D eigenvalue weighted by molar-refractivity contribution is 5.85. The van der Waals surface area contributed by atoms with E-state index in [0.29, 0.717) is 37.7 Å². The number of cyclic esters (lactones) is 1. The van der Waals surface area contributed by atoms with Crippen LogP contribution in [-0.4, -0.2) is 104 Å². The molecule has 1 saturated heterocycles. The van der Waals surface area contributed by atoms with E-state index in [9.17, 15) is 39.9 Å². The summed E-state index contributed by atoms with van der Waals surface area (Å²) in [6, 6.07) is 0. The van der Waals surface area contributed by atoms with Crippen LogP contribution in [0.25, 0.3) is 0 Å². The van der Waals surface area contributed by atoms with Crippen LogP contribution in [0.2, 0.25) is 0 Å². The minimum atomic E-state index is -1.48. The fraction of sp³-hybridized carbons (Fsp3) is 0.839. The van der Waals surface area contributed by atoms with E-state index >= 15 is 0 Å². The van der Waals surface area contributed by atoms with Crippen molar-refractivity contribution in [1.82, 2.24) is 0 Å². The molecule has 5 fully saturated rings. The molecule has 4 saturated carbocycles. The Morgan fingerprint density at radius 3 is 2.40 bits per heavy atom. The van der Waals surface area contributed by atoms with Gasteiger partial charge in [-0.3, -0.25) is 4.79 Å². The second-order valence-electron chi connectivity index (χ2n) is 14.2. The van der Waals surface area contributed by atoms with Crippen molar-refractivity contribution in [3.05, 3.63) is 11.6 Å². The first-order valence-corrected chi connectivity index (χ1v) is 15.5. The first-order chi connectivity index (χ1) is 20.2. The Bertz CT molecular complexity index is 1190. The summed E-state index contributed by atoms with van der Waals surface area (Å²) >= 11 is 0. The molecular weight excluding hydrogens is 564 g/mol.